The Morgan fingerprint density at radius 2 is 1.75 bits per heavy atom. The molecule has 1 heterocycles. The van der Waals surface area contributed by atoms with Crippen molar-refractivity contribution in [1.29, 1.82) is 0 Å². The maximum Gasteiger partial charge on any atom is 0.251 e. The molecule has 0 fully saturated rings. The van der Waals surface area contributed by atoms with Crippen LogP contribution in [0.15, 0.2) is 53.3 Å². The van der Waals surface area contributed by atoms with Gasteiger partial charge in [0.15, 0.2) is 6.29 Å². The Kier molecular flexibility index (Phi) is 2.96. The highest BCUT2D eigenvalue weighted by molar-refractivity contribution is 5.71. The van der Waals surface area contributed by atoms with E-state index in [2.05, 4.69) is 0 Å². The van der Waals surface area contributed by atoms with E-state index < -0.39 is 0 Å². The third-order valence-electron chi connectivity index (χ3n) is 2.39. The van der Waals surface area contributed by atoms with E-state index in [9.17, 15) is 9.59 Å². The van der Waals surface area contributed by atoms with Gasteiger partial charge in [0, 0.05) is 6.07 Å². The molecule has 1 aromatic heterocycles. The molecule has 0 bridgehead atoms. The maximum atomic E-state index is 11.6. The molecule has 0 aliphatic rings. The van der Waals surface area contributed by atoms with Crippen molar-refractivity contribution in [3.05, 3.63) is 70.1 Å². The molecule has 2 rings (SSSR count). The molecule has 0 N–H and O–H groups in total. The summed E-state index contributed by atoms with van der Waals surface area (Å²) in [4.78, 5) is 22.4. The molecule has 2 aromatic rings. The van der Waals surface area contributed by atoms with Crippen LogP contribution in [-0.4, -0.2) is 10.9 Å². The van der Waals surface area contributed by atoms with Gasteiger partial charge in [0.1, 0.15) is 0 Å². The minimum Gasteiger partial charge on any atom is -0.301 e. The van der Waals surface area contributed by atoms with Crippen molar-refractivity contribution < 1.29 is 4.79 Å². The van der Waals surface area contributed by atoms with Crippen LogP contribution in [0.5, 0.6) is 0 Å². The number of pyridine rings is 1. The monoisotopic (exact) mass is 213 g/mol. The van der Waals surface area contributed by atoms with Gasteiger partial charge in [-0.25, -0.2) is 0 Å². The molecule has 0 amide bonds. The van der Waals surface area contributed by atoms with Crippen molar-refractivity contribution in [3.8, 4) is 0 Å². The zero-order chi connectivity index (χ0) is 11.4. The van der Waals surface area contributed by atoms with Gasteiger partial charge in [0.2, 0.25) is 0 Å². The molecule has 0 aliphatic carbocycles. The largest absolute Gasteiger partial charge is 0.301 e. The lowest BCUT2D eigenvalue weighted by molar-refractivity contribution is 0.111. The SMILES string of the molecule is O=Cc1cccc(=O)n1Cc1ccccc1. The summed E-state index contributed by atoms with van der Waals surface area (Å²) < 4.78 is 1.46. The molecule has 3 heteroatoms. The molecule has 0 unspecified atom stereocenters. The average Bonchev–Trinajstić information content (AvgIpc) is 2.33. The number of aldehydes is 1. The van der Waals surface area contributed by atoms with Crippen molar-refractivity contribution in [2.24, 2.45) is 0 Å². The molecule has 0 radical (unpaired) electrons. The van der Waals surface area contributed by atoms with Crippen LogP contribution in [0, 0.1) is 0 Å². The minimum absolute atomic E-state index is 0.159. The van der Waals surface area contributed by atoms with Crippen molar-refractivity contribution in [1.82, 2.24) is 4.57 Å². The summed E-state index contributed by atoms with van der Waals surface area (Å²) in [7, 11) is 0. The fourth-order valence-corrected chi connectivity index (χ4v) is 1.57. The number of carbonyl (C=O) groups is 1. The van der Waals surface area contributed by atoms with E-state index >= 15 is 0 Å². The number of carbonyl (C=O) groups excluding carboxylic acids is 1. The smallest absolute Gasteiger partial charge is 0.251 e. The summed E-state index contributed by atoms with van der Waals surface area (Å²) in [6.45, 7) is 0.425. The van der Waals surface area contributed by atoms with Crippen molar-refractivity contribution in [2.75, 3.05) is 0 Å². The first kappa shape index (κ1) is 10.4. The van der Waals surface area contributed by atoms with Gasteiger partial charge < -0.3 is 4.57 Å². The first-order valence-corrected chi connectivity index (χ1v) is 5.00. The normalized spacial score (nSPS) is 10.0. The molecule has 0 saturated heterocycles. The Labute approximate surface area is 93.0 Å². The molecule has 0 spiro atoms. The quantitative estimate of drug-likeness (QED) is 0.728. The molecular weight excluding hydrogens is 202 g/mol. The van der Waals surface area contributed by atoms with E-state index in [4.69, 9.17) is 0 Å². The van der Waals surface area contributed by atoms with Crippen LogP contribution >= 0.6 is 0 Å². The van der Waals surface area contributed by atoms with Gasteiger partial charge >= 0.3 is 0 Å². The highest BCUT2D eigenvalue weighted by atomic mass is 16.1. The fourth-order valence-electron chi connectivity index (χ4n) is 1.57. The number of aromatic nitrogens is 1. The van der Waals surface area contributed by atoms with Gasteiger partial charge in [-0.1, -0.05) is 36.4 Å². The van der Waals surface area contributed by atoms with E-state index in [0.29, 0.717) is 18.5 Å². The second-order valence-electron chi connectivity index (χ2n) is 3.48. The lowest BCUT2D eigenvalue weighted by Crippen LogP contribution is -2.22. The average molecular weight is 213 g/mol. The number of hydrogen-bond donors (Lipinski definition) is 0. The van der Waals surface area contributed by atoms with Gasteiger partial charge in [-0.3, -0.25) is 9.59 Å². The summed E-state index contributed by atoms with van der Waals surface area (Å²) in [6.07, 6.45) is 0.699. The van der Waals surface area contributed by atoms with Crippen LogP contribution in [0.25, 0.3) is 0 Å². The van der Waals surface area contributed by atoms with E-state index in [1.54, 1.807) is 12.1 Å². The predicted molar refractivity (Wildman–Crippen MR) is 61.6 cm³/mol. The Morgan fingerprint density at radius 1 is 1.00 bits per heavy atom. The van der Waals surface area contributed by atoms with Gasteiger partial charge in [0.05, 0.1) is 12.2 Å². The highest BCUT2D eigenvalue weighted by Crippen LogP contribution is 2.02. The van der Waals surface area contributed by atoms with Gasteiger partial charge in [-0.05, 0) is 11.6 Å². The Balaban J connectivity index is 2.42. The summed E-state index contributed by atoms with van der Waals surface area (Å²) in [5, 5.41) is 0. The third kappa shape index (κ3) is 2.08. The number of nitrogens with zero attached hydrogens (tertiary/aromatic N) is 1. The summed E-state index contributed by atoms with van der Waals surface area (Å²) in [5.41, 5.74) is 1.24. The second kappa shape index (κ2) is 4.57. The lowest BCUT2D eigenvalue weighted by atomic mass is 10.2. The predicted octanol–water partition coefficient (Wildman–Crippen LogP) is 1.71. The van der Waals surface area contributed by atoms with Gasteiger partial charge in [0.25, 0.3) is 5.56 Å². The third-order valence-corrected chi connectivity index (χ3v) is 2.39. The summed E-state index contributed by atoms with van der Waals surface area (Å²) in [5.74, 6) is 0. The number of rotatable bonds is 3. The second-order valence-corrected chi connectivity index (χ2v) is 3.48. The van der Waals surface area contributed by atoms with Crippen LogP contribution in [0.4, 0.5) is 0 Å². The zero-order valence-corrected chi connectivity index (χ0v) is 8.67. The molecule has 1 aromatic carbocycles. The maximum absolute atomic E-state index is 11.6. The van der Waals surface area contributed by atoms with E-state index in [1.807, 2.05) is 30.3 Å². The first-order chi connectivity index (χ1) is 7.81. The number of benzene rings is 1. The highest BCUT2D eigenvalue weighted by Gasteiger charge is 2.02. The van der Waals surface area contributed by atoms with Gasteiger partial charge in [-0.15, -0.1) is 0 Å². The Hall–Kier alpha value is -2.16. The van der Waals surface area contributed by atoms with Crippen LogP contribution in [0.3, 0.4) is 0 Å². The topological polar surface area (TPSA) is 39.1 Å². The molecular formula is C13H11NO2. The van der Waals surface area contributed by atoms with Crippen LogP contribution in [-0.2, 0) is 6.54 Å². The van der Waals surface area contributed by atoms with Crippen LogP contribution < -0.4 is 5.56 Å². The standard InChI is InChI=1S/C13H11NO2/c15-10-12-7-4-8-13(16)14(12)9-11-5-2-1-3-6-11/h1-8,10H,9H2. The number of hydrogen-bond acceptors (Lipinski definition) is 2. The molecule has 16 heavy (non-hydrogen) atoms. The summed E-state index contributed by atoms with van der Waals surface area (Å²) in [6, 6.07) is 14.3. The van der Waals surface area contributed by atoms with Gasteiger partial charge in [-0.2, -0.15) is 0 Å². The molecule has 3 nitrogen and oxygen atoms in total. The van der Waals surface area contributed by atoms with Crippen LogP contribution in [0.1, 0.15) is 16.1 Å². The minimum atomic E-state index is -0.159. The van der Waals surface area contributed by atoms with E-state index in [1.165, 1.54) is 10.6 Å². The molecule has 0 aliphatic heterocycles. The molecule has 0 saturated carbocycles. The lowest BCUT2D eigenvalue weighted by Gasteiger charge is -2.07. The summed E-state index contributed by atoms with van der Waals surface area (Å²) >= 11 is 0. The van der Waals surface area contributed by atoms with Crippen molar-refractivity contribution in [3.63, 3.8) is 0 Å². The van der Waals surface area contributed by atoms with E-state index in [0.717, 1.165) is 5.56 Å². The Bertz CT molecular complexity index is 543. The fraction of sp³-hybridized carbons (Fsp3) is 0.0769. The van der Waals surface area contributed by atoms with Crippen LogP contribution in [0.2, 0.25) is 0 Å². The first-order valence-electron chi connectivity index (χ1n) is 5.00. The zero-order valence-electron chi connectivity index (χ0n) is 8.67. The van der Waals surface area contributed by atoms with E-state index in [-0.39, 0.29) is 5.56 Å². The van der Waals surface area contributed by atoms with Crippen molar-refractivity contribution >= 4 is 6.29 Å². The van der Waals surface area contributed by atoms with Crippen molar-refractivity contribution in [2.45, 2.75) is 6.54 Å². The molecule has 80 valence electrons. The Morgan fingerprint density at radius 3 is 2.44 bits per heavy atom. The molecule has 0 atom stereocenters.